The van der Waals surface area contributed by atoms with Crippen LogP contribution >= 0.6 is 11.6 Å². The lowest BCUT2D eigenvalue weighted by atomic mass is 10.3. The van der Waals surface area contributed by atoms with Crippen molar-refractivity contribution in [3.63, 3.8) is 0 Å². The van der Waals surface area contributed by atoms with Gasteiger partial charge < -0.3 is 10.1 Å². The number of hydrogen-bond donors (Lipinski definition) is 1. The highest BCUT2D eigenvalue weighted by Crippen LogP contribution is 2.23. The molecule has 1 amide bonds. The number of ether oxygens (including phenoxy) is 1. The van der Waals surface area contributed by atoms with Gasteiger partial charge in [0.15, 0.2) is 0 Å². The molecule has 0 saturated heterocycles. The van der Waals surface area contributed by atoms with Crippen LogP contribution in [0.3, 0.4) is 0 Å². The number of nitrogens with one attached hydrogen (secondary N) is 1. The molecule has 0 bridgehead atoms. The van der Waals surface area contributed by atoms with E-state index >= 15 is 0 Å². The first kappa shape index (κ1) is 21.9. The fourth-order valence-electron chi connectivity index (χ4n) is 2.24. The van der Waals surface area contributed by atoms with E-state index < -0.39 is 28.5 Å². The Morgan fingerprint density at radius 1 is 1.14 bits per heavy atom. The number of carbonyl (C=O) groups excluding carboxylic acids is 1. The van der Waals surface area contributed by atoms with Crippen LogP contribution in [0.2, 0.25) is 5.02 Å². The standard InChI is InChI=1S/C18H21ClFN3O4S/c1-22(2)28(25,26)23(16-9-5-4-8-15(16)20)13-18(24)21-11-12-27-17-10-6-3-7-14(17)19/h3-10H,11-13H2,1-2H3,(H,21,24). The molecule has 0 unspecified atom stereocenters. The van der Waals surface area contributed by atoms with Gasteiger partial charge in [0.05, 0.1) is 17.3 Å². The molecule has 0 aliphatic rings. The maximum atomic E-state index is 14.1. The molecule has 0 fully saturated rings. The number of halogens is 2. The summed E-state index contributed by atoms with van der Waals surface area (Å²) in [5.74, 6) is -0.874. The monoisotopic (exact) mass is 429 g/mol. The van der Waals surface area contributed by atoms with Gasteiger partial charge in [0.2, 0.25) is 5.91 Å². The van der Waals surface area contributed by atoms with Gasteiger partial charge in [0.25, 0.3) is 0 Å². The Balaban J connectivity index is 2.01. The topological polar surface area (TPSA) is 79.0 Å². The van der Waals surface area contributed by atoms with Crippen LogP contribution in [0.25, 0.3) is 0 Å². The summed E-state index contributed by atoms with van der Waals surface area (Å²) >= 11 is 5.97. The fourth-order valence-corrected chi connectivity index (χ4v) is 3.50. The number of anilines is 1. The van der Waals surface area contributed by atoms with Gasteiger partial charge in [-0.3, -0.25) is 4.79 Å². The van der Waals surface area contributed by atoms with Gasteiger partial charge in [0, 0.05) is 14.1 Å². The van der Waals surface area contributed by atoms with E-state index in [1.807, 2.05) is 0 Å². The summed E-state index contributed by atoms with van der Waals surface area (Å²) in [7, 11) is -1.46. The smallest absolute Gasteiger partial charge is 0.304 e. The van der Waals surface area contributed by atoms with Gasteiger partial charge >= 0.3 is 10.2 Å². The third-order valence-electron chi connectivity index (χ3n) is 3.67. The minimum atomic E-state index is -4.07. The second-order valence-electron chi connectivity index (χ2n) is 5.88. The number of carbonyl (C=O) groups is 1. The van der Waals surface area contributed by atoms with Gasteiger partial charge in [-0.1, -0.05) is 35.9 Å². The van der Waals surface area contributed by atoms with Crippen LogP contribution in [0.15, 0.2) is 48.5 Å². The number of amides is 1. The molecule has 0 spiro atoms. The zero-order valence-electron chi connectivity index (χ0n) is 15.4. The van der Waals surface area contributed by atoms with Gasteiger partial charge in [-0.15, -0.1) is 0 Å². The molecule has 2 aromatic rings. The Kier molecular flexibility index (Phi) is 7.61. The van der Waals surface area contributed by atoms with E-state index in [1.54, 1.807) is 24.3 Å². The molecule has 0 saturated carbocycles. The summed E-state index contributed by atoms with van der Waals surface area (Å²) in [5, 5.41) is 2.99. The van der Waals surface area contributed by atoms with Crippen molar-refractivity contribution >= 4 is 33.4 Å². The molecule has 152 valence electrons. The minimum absolute atomic E-state index is 0.122. The van der Waals surface area contributed by atoms with Gasteiger partial charge in [-0.25, -0.2) is 8.70 Å². The van der Waals surface area contributed by atoms with Gasteiger partial charge in [-0.05, 0) is 24.3 Å². The van der Waals surface area contributed by atoms with E-state index in [1.165, 1.54) is 32.3 Å². The summed E-state index contributed by atoms with van der Waals surface area (Å²) in [4.78, 5) is 12.2. The Hall–Kier alpha value is -2.36. The maximum Gasteiger partial charge on any atom is 0.304 e. The normalized spacial score (nSPS) is 11.3. The molecule has 0 atom stereocenters. The average molecular weight is 430 g/mol. The largest absolute Gasteiger partial charge is 0.490 e. The second-order valence-corrected chi connectivity index (χ2v) is 8.35. The molecule has 7 nitrogen and oxygen atoms in total. The number of para-hydroxylation sites is 2. The summed E-state index contributed by atoms with van der Waals surface area (Å²) in [6.45, 7) is -0.319. The van der Waals surface area contributed by atoms with Crippen molar-refractivity contribution in [3.05, 3.63) is 59.4 Å². The first-order valence-electron chi connectivity index (χ1n) is 8.32. The zero-order chi connectivity index (χ0) is 20.7. The Bertz CT molecular complexity index is 925. The molecule has 0 aliphatic carbocycles. The Labute approximate surface area is 168 Å². The lowest BCUT2D eigenvalue weighted by Crippen LogP contribution is -2.46. The van der Waals surface area contributed by atoms with Crippen LogP contribution in [0.1, 0.15) is 0 Å². The molecular weight excluding hydrogens is 409 g/mol. The summed E-state index contributed by atoms with van der Waals surface area (Å²) in [6, 6.07) is 12.2. The van der Waals surface area contributed by atoms with E-state index in [0.717, 1.165) is 10.4 Å². The van der Waals surface area contributed by atoms with Gasteiger partial charge in [0.1, 0.15) is 24.7 Å². The van der Waals surface area contributed by atoms with Crippen molar-refractivity contribution in [3.8, 4) is 5.75 Å². The second kappa shape index (κ2) is 9.72. The van der Waals surface area contributed by atoms with Crippen LogP contribution in [0, 0.1) is 5.82 Å². The van der Waals surface area contributed by atoms with Crippen LogP contribution in [-0.2, 0) is 15.0 Å². The molecule has 10 heteroatoms. The Morgan fingerprint density at radius 2 is 1.79 bits per heavy atom. The van der Waals surface area contributed by atoms with Crippen molar-refractivity contribution in [1.82, 2.24) is 9.62 Å². The zero-order valence-corrected chi connectivity index (χ0v) is 17.0. The number of benzene rings is 2. The molecule has 0 aliphatic heterocycles. The number of rotatable bonds is 9. The van der Waals surface area contributed by atoms with Crippen molar-refractivity contribution in [2.45, 2.75) is 0 Å². The highest BCUT2D eigenvalue weighted by atomic mass is 35.5. The first-order chi connectivity index (χ1) is 13.2. The van der Waals surface area contributed by atoms with Crippen LogP contribution < -0.4 is 14.4 Å². The molecule has 2 rings (SSSR count). The van der Waals surface area contributed by atoms with Gasteiger partial charge in [-0.2, -0.15) is 12.7 Å². The number of hydrogen-bond acceptors (Lipinski definition) is 4. The fraction of sp³-hybridized carbons (Fsp3) is 0.278. The molecule has 28 heavy (non-hydrogen) atoms. The first-order valence-corrected chi connectivity index (χ1v) is 10.1. The molecule has 1 N–H and O–H groups in total. The third-order valence-corrected chi connectivity index (χ3v) is 5.78. The van der Waals surface area contributed by atoms with E-state index in [4.69, 9.17) is 16.3 Å². The van der Waals surface area contributed by atoms with E-state index in [2.05, 4.69) is 5.32 Å². The van der Waals surface area contributed by atoms with Crippen LogP contribution in [0.4, 0.5) is 10.1 Å². The molecule has 0 radical (unpaired) electrons. The number of nitrogens with zero attached hydrogens (tertiary/aromatic N) is 2. The Morgan fingerprint density at radius 3 is 2.43 bits per heavy atom. The predicted molar refractivity (Wildman–Crippen MR) is 106 cm³/mol. The van der Waals surface area contributed by atoms with Crippen molar-refractivity contribution < 1.29 is 22.3 Å². The molecule has 0 heterocycles. The van der Waals surface area contributed by atoms with E-state index in [9.17, 15) is 17.6 Å². The SMILES string of the molecule is CN(C)S(=O)(=O)N(CC(=O)NCCOc1ccccc1Cl)c1ccccc1F. The lowest BCUT2D eigenvalue weighted by Gasteiger charge is -2.27. The lowest BCUT2D eigenvalue weighted by molar-refractivity contribution is -0.119. The summed E-state index contributed by atoms with van der Waals surface area (Å²) < 4.78 is 46.3. The van der Waals surface area contributed by atoms with Crippen molar-refractivity contribution in [2.75, 3.05) is 38.1 Å². The maximum absolute atomic E-state index is 14.1. The van der Waals surface area contributed by atoms with Crippen molar-refractivity contribution in [2.24, 2.45) is 0 Å². The molecular formula is C18H21ClFN3O4S. The van der Waals surface area contributed by atoms with E-state index in [-0.39, 0.29) is 18.8 Å². The minimum Gasteiger partial charge on any atom is -0.490 e. The van der Waals surface area contributed by atoms with Crippen LogP contribution in [0.5, 0.6) is 5.75 Å². The highest BCUT2D eigenvalue weighted by Gasteiger charge is 2.29. The third kappa shape index (κ3) is 5.57. The summed E-state index contributed by atoms with van der Waals surface area (Å²) in [5.41, 5.74) is -0.210. The highest BCUT2D eigenvalue weighted by molar-refractivity contribution is 7.90. The molecule has 2 aromatic carbocycles. The average Bonchev–Trinajstić information content (AvgIpc) is 2.65. The van der Waals surface area contributed by atoms with Crippen molar-refractivity contribution in [1.29, 1.82) is 0 Å². The van der Waals surface area contributed by atoms with E-state index in [0.29, 0.717) is 15.1 Å². The van der Waals surface area contributed by atoms with Crippen LogP contribution in [-0.4, -0.2) is 52.4 Å². The predicted octanol–water partition coefficient (Wildman–Crippen LogP) is 2.29. The summed E-state index contributed by atoms with van der Waals surface area (Å²) in [6.07, 6.45) is 0. The molecule has 0 aromatic heterocycles. The quantitative estimate of drug-likeness (QED) is 0.620.